The molecule has 0 spiro atoms. The highest BCUT2D eigenvalue weighted by molar-refractivity contribution is 5.91. The first-order valence-electron chi connectivity index (χ1n) is 11.9. The summed E-state index contributed by atoms with van der Waals surface area (Å²) in [5.41, 5.74) is 6.47. The Morgan fingerprint density at radius 2 is 1.00 bits per heavy atom. The van der Waals surface area contributed by atoms with Crippen LogP contribution in [0.15, 0.2) is 97.1 Å². The van der Waals surface area contributed by atoms with Crippen LogP contribution < -0.4 is 4.74 Å². The number of carbonyl (C=O) groups excluding carboxylic acids is 2. The number of benzene rings is 3. The molecule has 0 fully saturated rings. The van der Waals surface area contributed by atoms with Crippen LogP contribution in [-0.4, -0.2) is 33.2 Å². The van der Waals surface area contributed by atoms with Crippen LogP contribution in [-0.2, 0) is 0 Å². The Labute approximate surface area is 215 Å². The lowest BCUT2D eigenvalue weighted by molar-refractivity contribution is 0.0932. The van der Waals surface area contributed by atoms with Gasteiger partial charge in [-0.1, -0.05) is 18.2 Å². The molecule has 0 amide bonds. The first-order chi connectivity index (χ1) is 17.9. The highest BCUT2D eigenvalue weighted by atomic mass is 16.5. The van der Waals surface area contributed by atoms with E-state index in [1.54, 1.807) is 47.4 Å². The van der Waals surface area contributed by atoms with Gasteiger partial charge in [-0.25, -0.2) is 0 Å². The smallest absolute Gasteiger partial charge is 0.228 e. The summed E-state index contributed by atoms with van der Waals surface area (Å²) < 4.78 is 8.63. The molecule has 0 aliphatic heterocycles. The van der Waals surface area contributed by atoms with Gasteiger partial charge in [0.25, 0.3) is 0 Å². The van der Waals surface area contributed by atoms with Crippen molar-refractivity contribution in [1.29, 1.82) is 0 Å². The third kappa shape index (κ3) is 4.45. The molecule has 0 aliphatic carbocycles. The third-order valence-corrected chi connectivity index (χ3v) is 6.39. The molecule has 2 aromatic heterocycles. The predicted molar refractivity (Wildman–Crippen MR) is 145 cm³/mol. The van der Waals surface area contributed by atoms with Crippen molar-refractivity contribution < 1.29 is 19.4 Å². The van der Waals surface area contributed by atoms with E-state index in [4.69, 9.17) is 4.74 Å². The summed E-state index contributed by atoms with van der Waals surface area (Å²) in [6, 6.07) is 29.9. The molecule has 6 heteroatoms. The van der Waals surface area contributed by atoms with Crippen LogP contribution in [0.4, 0.5) is 0 Å². The van der Waals surface area contributed by atoms with Gasteiger partial charge in [-0.2, -0.15) is 0 Å². The van der Waals surface area contributed by atoms with Crippen molar-refractivity contribution in [2.24, 2.45) is 0 Å². The predicted octanol–water partition coefficient (Wildman–Crippen LogP) is 6.99. The second-order valence-electron chi connectivity index (χ2n) is 8.77. The molecule has 5 rings (SSSR count). The van der Waals surface area contributed by atoms with Crippen molar-refractivity contribution in [2.75, 3.05) is 7.11 Å². The van der Waals surface area contributed by atoms with Crippen LogP contribution in [0.5, 0.6) is 11.5 Å². The number of hydrogen-bond acceptors (Lipinski definition) is 4. The van der Waals surface area contributed by atoms with Crippen molar-refractivity contribution in [3.63, 3.8) is 0 Å². The molecule has 0 bridgehead atoms. The SMILES string of the molecule is COc1ccc(-c2ccc(-c3cccc(-c4ccc(-c5ccc(O)cc5)n4C(C)=O)c3)n2C(C)=O)cc1. The van der Waals surface area contributed by atoms with Gasteiger partial charge in [-0.3, -0.25) is 18.7 Å². The fourth-order valence-electron chi connectivity index (χ4n) is 4.69. The van der Waals surface area contributed by atoms with Crippen LogP contribution in [0, 0.1) is 0 Å². The highest BCUT2D eigenvalue weighted by Gasteiger charge is 2.18. The van der Waals surface area contributed by atoms with Crippen molar-refractivity contribution in [3.05, 3.63) is 97.1 Å². The van der Waals surface area contributed by atoms with Crippen molar-refractivity contribution in [3.8, 4) is 56.5 Å². The van der Waals surface area contributed by atoms with Crippen molar-refractivity contribution in [1.82, 2.24) is 9.13 Å². The Morgan fingerprint density at radius 3 is 1.41 bits per heavy atom. The van der Waals surface area contributed by atoms with Gasteiger partial charge in [0.05, 0.1) is 29.9 Å². The molecule has 0 radical (unpaired) electrons. The van der Waals surface area contributed by atoms with Gasteiger partial charge in [0.1, 0.15) is 11.5 Å². The number of carbonyl (C=O) groups is 2. The number of phenolic OH excluding ortho intramolecular Hbond substituents is 1. The van der Waals surface area contributed by atoms with E-state index in [0.717, 1.165) is 50.8 Å². The molecule has 6 nitrogen and oxygen atoms in total. The minimum atomic E-state index is -0.123. The molecule has 0 saturated carbocycles. The monoisotopic (exact) mass is 490 g/mol. The van der Waals surface area contributed by atoms with Gasteiger partial charge in [0.2, 0.25) is 11.8 Å². The molecule has 0 aliphatic rings. The lowest BCUT2D eigenvalue weighted by Gasteiger charge is -2.13. The maximum Gasteiger partial charge on any atom is 0.228 e. The zero-order chi connectivity index (χ0) is 26.1. The van der Waals surface area contributed by atoms with E-state index >= 15 is 0 Å². The lowest BCUT2D eigenvalue weighted by atomic mass is 10.1. The number of phenols is 1. The van der Waals surface area contributed by atoms with Gasteiger partial charge < -0.3 is 9.84 Å². The minimum Gasteiger partial charge on any atom is -0.508 e. The van der Waals surface area contributed by atoms with E-state index in [1.165, 1.54) is 6.92 Å². The third-order valence-electron chi connectivity index (χ3n) is 6.39. The van der Waals surface area contributed by atoms with Crippen LogP contribution in [0.1, 0.15) is 23.4 Å². The van der Waals surface area contributed by atoms with E-state index in [2.05, 4.69) is 0 Å². The summed E-state index contributed by atoms with van der Waals surface area (Å²) in [5.74, 6) is 0.693. The highest BCUT2D eigenvalue weighted by Crippen LogP contribution is 2.34. The number of aromatic hydroxyl groups is 1. The number of hydrogen-bond donors (Lipinski definition) is 1. The molecule has 0 atom stereocenters. The summed E-state index contributed by atoms with van der Waals surface area (Å²) in [5, 5.41) is 9.66. The van der Waals surface area contributed by atoms with Gasteiger partial charge in [0, 0.05) is 13.8 Å². The van der Waals surface area contributed by atoms with Crippen molar-refractivity contribution >= 4 is 11.8 Å². The topological polar surface area (TPSA) is 73.5 Å². The fourth-order valence-corrected chi connectivity index (χ4v) is 4.69. The van der Waals surface area contributed by atoms with Crippen molar-refractivity contribution in [2.45, 2.75) is 13.8 Å². The number of rotatable bonds is 5. The molecule has 2 heterocycles. The summed E-state index contributed by atoms with van der Waals surface area (Å²) >= 11 is 0. The zero-order valence-corrected chi connectivity index (χ0v) is 20.8. The summed E-state index contributed by atoms with van der Waals surface area (Å²) in [6.07, 6.45) is 0. The number of aromatic nitrogens is 2. The molecule has 1 N–H and O–H groups in total. The van der Waals surface area contributed by atoms with Crippen LogP contribution in [0.2, 0.25) is 0 Å². The molecule has 0 saturated heterocycles. The molecule has 3 aromatic carbocycles. The summed E-state index contributed by atoms with van der Waals surface area (Å²) in [7, 11) is 1.62. The molecular weight excluding hydrogens is 464 g/mol. The standard InChI is InChI=1S/C31H26N2O4/c1-20(34)32-28(22-7-11-26(36)12-8-22)15-17-30(32)24-5-4-6-25(19-24)31-18-16-29(33(31)21(2)35)23-9-13-27(37-3)14-10-23/h4-19,36H,1-3H3. The first-order valence-corrected chi connectivity index (χ1v) is 11.9. The maximum atomic E-state index is 12.8. The normalized spacial score (nSPS) is 10.9. The largest absolute Gasteiger partial charge is 0.508 e. The Morgan fingerprint density at radius 1 is 0.595 bits per heavy atom. The second kappa shape index (κ2) is 9.66. The Bertz CT molecular complexity index is 1610. The van der Waals surface area contributed by atoms with E-state index in [1.807, 2.05) is 72.8 Å². The summed E-state index contributed by atoms with van der Waals surface area (Å²) in [4.78, 5) is 25.5. The van der Waals surface area contributed by atoms with E-state index in [-0.39, 0.29) is 17.6 Å². The average molecular weight is 491 g/mol. The van der Waals surface area contributed by atoms with Crippen LogP contribution >= 0.6 is 0 Å². The Kier molecular flexibility index (Phi) is 6.24. The number of methoxy groups -OCH3 is 1. The van der Waals surface area contributed by atoms with E-state index < -0.39 is 0 Å². The molecule has 37 heavy (non-hydrogen) atoms. The number of nitrogens with zero attached hydrogens (tertiary/aromatic N) is 2. The number of ether oxygens (including phenoxy) is 1. The van der Waals surface area contributed by atoms with Gasteiger partial charge >= 0.3 is 0 Å². The summed E-state index contributed by atoms with van der Waals surface area (Å²) in [6.45, 7) is 3.07. The second-order valence-corrected chi connectivity index (χ2v) is 8.77. The first kappa shape index (κ1) is 23.9. The van der Waals surface area contributed by atoms with Crippen LogP contribution in [0.25, 0.3) is 45.0 Å². The quantitative estimate of drug-likeness (QED) is 0.288. The molecule has 184 valence electrons. The van der Waals surface area contributed by atoms with Crippen LogP contribution in [0.3, 0.4) is 0 Å². The lowest BCUT2D eigenvalue weighted by Crippen LogP contribution is -2.10. The van der Waals surface area contributed by atoms with Gasteiger partial charge in [0.15, 0.2) is 0 Å². The average Bonchev–Trinajstić information content (AvgIpc) is 3.55. The maximum absolute atomic E-state index is 12.8. The molecular formula is C31H26N2O4. The zero-order valence-electron chi connectivity index (χ0n) is 20.8. The van der Waals surface area contributed by atoms with Gasteiger partial charge in [-0.15, -0.1) is 0 Å². The molecule has 0 unspecified atom stereocenters. The van der Waals surface area contributed by atoms with E-state index in [9.17, 15) is 14.7 Å². The molecule has 5 aromatic rings. The fraction of sp³-hybridized carbons (Fsp3) is 0.0968. The Balaban J connectivity index is 1.60. The minimum absolute atomic E-state index is 0.0991. The van der Waals surface area contributed by atoms with Gasteiger partial charge in [-0.05, 0) is 101 Å². The Hall–Kier alpha value is -4.84. The van der Waals surface area contributed by atoms with E-state index in [0.29, 0.717) is 0 Å².